The Kier molecular flexibility index (Phi) is 7.46. The summed E-state index contributed by atoms with van der Waals surface area (Å²) >= 11 is 0. The summed E-state index contributed by atoms with van der Waals surface area (Å²) in [5.74, 6) is 0.844. The van der Waals surface area contributed by atoms with E-state index in [0.717, 1.165) is 12.8 Å². The van der Waals surface area contributed by atoms with E-state index in [-0.39, 0.29) is 23.3 Å². The van der Waals surface area contributed by atoms with E-state index in [9.17, 15) is 13.2 Å². The third-order valence-corrected chi connectivity index (χ3v) is 6.43. The average Bonchev–Trinajstić information content (AvgIpc) is 2.62. The van der Waals surface area contributed by atoms with Gasteiger partial charge in [0.15, 0.2) is 0 Å². The number of ether oxygens (including phenoxy) is 1. The van der Waals surface area contributed by atoms with Crippen LogP contribution in [0.2, 0.25) is 0 Å². The second-order valence-corrected chi connectivity index (χ2v) is 9.02. The smallest absolute Gasteiger partial charge is 0.243 e. The van der Waals surface area contributed by atoms with Gasteiger partial charge in [-0.3, -0.25) is 4.79 Å². The van der Waals surface area contributed by atoms with Crippen LogP contribution in [0.15, 0.2) is 29.2 Å². The molecule has 0 spiro atoms. The van der Waals surface area contributed by atoms with Gasteiger partial charge in [0.25, 0.3) is 0 Å². The molecule has 0 aromatic heterocycles. The molecule has 1 aliphatic rings. The molecule has 146 valence electrons. The van der Waals surface area contributed by atoms with Crippen LogP contribution in [-0.4, -0.2) is 44.9 Å². The van der Waals surface area contributed by atoms with Gasteiger partial charge in [0.05, 0.1) is 17.4 Å². The SMILES string of the molecule is CCOc1ccc(S(=O)(=O)N2CCC[C@@H](C(=O)NCCC(C)C)C2)cc1. The lowest BCUT2D eigenvalue weighted by atomic mass is 9.98. The Balaban J connectivity index is 2.01. The minimum atomic E-state index is -3.60. The molecule has 0 aliphatic carbocycles. The summed E-state index contributed by atoms with van der Waals surface area (Å²) in [7, 11) is -3.60. The van der Waals surface area contributed by atoms with E-state index in [1.165, 1.54) is 4.31 Å². The summed E-state index contributed by atoms with van der Waals surface area (Å²) in [6.07, 6.45) is 2.34. The van der Waals surface area contributed by atoms with E-state index in [2.05, 4.69) is 19.2 Å². The first kappa shape index (κ1) is 20.7. The molecular weight excluding hydrogens is 352 g/mol. The van der Waals surface area contributed by atoms with E-state index < -0.39 is 10.0 Å². The molecule has 1 amide bonds. The fourth-order valence-corrected chi connectivity index (χ4v) is 4.55. The van der Waals surface area contributed by atoms with Crippen molar-refractivity contribution in [3.63, 3.8) is 0 Å². The zero-order valence-corrected chi connectivity index (χ0v) is 16.7. The van der Waals surface area contributed by atoms with Crippen molar-refractivity contribution in [3.05, 3.63) is 24.3 Å². The standard InChI is InChI=1S/C19H30N2O4S/c1-4-25-17-7-9-18(10-8-17)26(23,24)21-13-5-6-16(14-21)19(22)20-12-11-15(2)3/h7-10,15-16H,4-6,11-14H2,1-3H3,(H,20,22)/t16-/m1/s1. The molecule has 1 aromatic rings. The van der Waals surface area contributed by atoms with Crippen LogP contribution in [0.3, 0.4) is 0 Å². The molecule has 1 saturated heterocycles. The molecule has 0 unspecified atom stereocenters. The van der Waals surface area contributed by atoms with Crippen LogP contribution in [0.5, 0.6) is 5.75 Å². The van der Waals surface area contributed by atoms with Crippen LogP contribution in [-0.2, 0) is 14.8 Å². The van der Waals surface area contributed by atoms with Gasteiger partial charge in [-0.15, -0.1) is 0 Å². The predicted molar refractivity (Wildman–Crippen MR) is 102 cm³/mol. The van der Waals surface area contributed by atoms with Crippen molar-refractivity contribution in [1.29, 1.82) is 0 Å². The van der Waals surface area contributed by atoms with Crippen molar-refractivity contribution in [2.75, 3.05) is 26.2 Å². The number of amides is 1. The Morgan fingerprint density at radius 3 is 2.62 bits per heavy atom. The highest BCUT2D eigenvalue weighted by Crippen LogP contribution is 2.25. The third kappa shape index (κ3) is 5.45. The molecule has 6 nitrogen and oxygen atoms in total. The zero-order chi connectivity index (χ0) is 19.2. The fraction of sp³-hybridized carbons (Fsp3) is 0.632. The first-order chi connectivity index (χ1) is 12.3. The monoisotopic (exact) mass is 382 g/mol. The number of benzene rings is 1. The van der Waals surface area contributed by atoms with Crippen molar-refractivity contribution in [2.24, 2.45) is 11.8 Å². The number of sulfonamides is 1. The highest BCUT2D eigenvalue weighted by molar-refractivity contribution is 7.89. The van der Waals surface area contributed by atoms with Gasteiger partial charge < -0.3 is 10.1 Å². The number of nitrogens with zero attached hydrogens (tertiary/aromatic N) is 1. The first-order valence-corrected chi connectivity index (χ1v) is 10.8. The number of piperidine rings is 1. The van der Waals surface area contributed by atoms with Gasteiger partial charge in [-0.05, 0) is 56.4 Å². The maximum atomic E-state index is 12.9. The number of hydrogen-bond acceptors (Lipinski definition) is 4. The number of carbonyl (C=O) groups is 1. The van der Waals surface area contributed by atoms with E-state index in [1.54, 1.807) is 24.3 Å². The van der Waals surface area contributed by atoms with Gasteiger partial charge in [0.1, 0.15) is 5.75 Å². The summed E-state index contributed by atoms with van der Waals surface area (Å²) < 4.78 is 32.6. The second-order valence-electron chi connectivity index (χ2n) is 7.08. The Morgan fingerprint density at radius 1 is 1.31 bits per heavy atom. The number of hydrogen-bond donors (Lipinski definition) is 1. The van der Waals surface area contributed by atoms with Crippen LogP contribution in [0.4, 0.5) is 0 Å². The van der Waals surface area contributed by atoms with Crippen molar-refractivity contribution in [2.45, 2.75) is 44.9 Å². The molecule has 0 bridgehead atoms. The van der Waals surface area contributed by atoms with Crippen molar-refractivity contribution in [3.8, 4) is 5.75 Å². The van der Waals surface area contributed by atoms with Crippen LogP contribution in [0.25, 0.3) is 0 Å². The molecule has 0 radical (unpaired) electrons. The molecule has 1 aliphatic heterocycles. The highest BCUT2D eigenvalue weighted by Gasteiger charge is 2.33. The normalized spacial score (nSPS) is 18.7. The van der Waals surface area contributed by atoms with Gasteiger partial charge in [0.2, 0.25) is 15.9 Å². The largest absolute Gasteiger partial charge is 0.494 e. The lowest BCUT2D eigenvalue weighted by Crippen LogP contribution is -2.45. The Labute approximate surface area is 157 Å². The molecule has 1 heterocycles. The number of rotatable bonds is 8. The lowest BCUT2D eigenvalue weighted by Gasteiger charge is -2.31. The van der Waals surface area contributed by atoms with Crippen molar-refractivity contribution in [1.82, 2.24) is 9.62 Å². The molecule has 0 saturated carbocycles. The van der Waals surface area contributed by atoms with Gasteiger partial charge >= 0.3 is 0 Å². The Hall–Kier alpha value is -1.60. The zero-order valence-electron chi connectivity index (χ0n) is 15.9. The van der Waals surface area contributed by atoms with Crippen LogP contribution in [0.1, 0.15) is 40.0 Å². The predicted octanol–water partition coefficient (Wildman–Crippen LogP) is 2.65. The summed E-state index contributed by atoms with van der Waals surface area (Å²) in [6, 6.07) is 6.45. The van der Waals surface area contributed by atoms with E-state index in [4.69, 9.17) is 4.74 Å². The summed E-state index contributed by atoms with van der Waals surface area (Å²) in [6.45, 7) is 7.96. The minimum absolute atomic E-state index is 0.0442. The Bertz CT molecular complexity index is 686. The topological polar surface area (TPSA) is 75.7 Å². The van der Waals surface area contributed by atoms with Crippen LogP contribution < -0.4 is 10.1 Å². The Morgan fingerprint density at radius 2 is 2.00 bits per heavy atom. The van der Waals surface area contributed by atoms with E-state index in [1.807, 2.05) is 6.92 Å². The fourth-order valence-electron chi connectivity index (χ4n) is 3.03. The molecule has 1 aromatic carbocycles. The molecule has 1 N–H and O–H groups in total. The van der Waals surface area contributed by atoms with Crippen molar-refractivity contribution >= 4 is 15.9 Å². The number of nitrogens with one attached hydrogen (secondary N) is 1. The summed E-state index contributed by atoms with van der Waals surface area (Å²) in [5.41, 5.74) is 0. The van der Waals surface area contributed by atoms with Crippen LogP contribution in [0, 0.1) is 11.8 Å². The molecule has 26 heavy (non-hydrogen) atoms. The van der Waals surface area contributed by atoms with E-state index >= 15 is 0 Å². The third-order valence-electron chi connectivity index (χ3n) is 4.55. The first-order valence-electron chi connectivity index (χ1n) is 9.35. The quantitative estimate of drug-likeness (QED) is 0.750. The van der Waals surface area contributed by atoms with Crippen LogP contribution >= 0.6 is 0 Å². The molecule has 7 heteroatoms. The van der Waals surface area contributed by atoms with E-state index in [0.29, 0.717) is 37.8 Å². The van der Waals surface area contributed by atoms with Gasteiger partial charge in [-0.1, -0.05) is 13.8 Å². The average molecular weight is 383 g/mol. The number of carbonyl (C=O) groups excluding carboxylic acids is 1. The van der Waals surface area contributed by atoms with Crippen molar-refractivity contribution < 1.29 is 17.9 Å². The maximum absolute atomic E-state index is 12.9. The summed E-state index contributed by atoms with van der Waals surface area (Å²) in [4.78, 5) is 12.6. The van der Waals surface area contributed by atoms with Gasteiger partial charge in [-0.25, -0.2) is 8.42 Å². The second kappa shape index (κ2) is 9.37. The molecule has 2 rings (SSSR count). The molecule has 1 fully saturated rings. The molecular formula is C19H30N2O4S. The highest BCUT2D eigenvalue weighted by atomic mass is 32.2. The molecule has 1 atom stereocenters. The summed E-state index contributed by atoms with van der Waals surface area (Å²) in [5, 5.41) is 2.94. The van der Waals surface area contributed by atoms with Gasteiger partial charge in [-0.2, -0.15) is 4.31 Å². The maximum Gasteiger partial charge on any atom is 0.243 e. The minimum Gasteiger partial charge on any atom is -0.494 e. The lowest BCUT2D eigenvalue weighted by molar-refractivity contribution is -0.126. The van der Waals surface area contributed by atoms with Gasteiger partial charge in [0, 0.05) is 19.6 Å².